The number of phenols is 1. The van der Waals surface area contributed by atoms with Gasteiger partial charge in [0.05, 0.1) is 0 Å². The number of nitrogens with one attached hydrogen (secondary N) is 1. The molecule has 26 heavy (non-hydrogen) atoms. The van der Waals surface area contributed by atoms with Crippen molar-refractivity contribution in [1.29, 1.82) is 0 Å². The highest BCUT2D eigenvalue weighted by molar-refractivity contribution is 6.00. The highest BCUT2D eigenvalue weighted by Gasteiger charge is 2.16. The van der Waals surface area contributed by atoms with Crippen LogP contribution in [0.3, 0.4) is 0 Å². The maximum atomic E-state index is 10.8. The highest BCUT2D eigenvalue weighted by atomic mass is 16.3. The average Bonchev–Trinajstić information content (AvgIpc) is 2.62. The standard InChI is InChI=1S/C24H29NO/c1-5-20(6-2)25-15-19-12-11-18-9-7-8-10-21(18)24(19)23-17(4)13-16(3)14-22(23)26/h7-14,20,25-26H,5-6,15H2,1-4H3. The van der Waals surface area contributed by atoms with Crippen molar-refractivity contribution < 1.29 is 5.11 Å². The number of hydrogen-bond donors (Lipinski definition) is 2. The Morgan fingerprint density at radius 1 is 0.923 bits per heavy atom. The van der Waals surface area contributed by atoms with Crippen molar-refractivity contribution in [1.82, 2.24) is 5.32 Å². The van der Waals surface area contributed by atoms with E-state index >= 15 is 0 Å². The minimum absolute atomic E-state index is 0.364. The molecule has 3 aromatic carbocycles. The van der Waals surface area contributed by atoms with E-state index in [1.807, 2.05) is 13.0 Å². The summed E-state index contributed by atoms with van der Waals surface area (Å²) in [4.78, 5) is 0. The third kappa shape index (κ3) is 3.61. The molecule has 136 valence electrons. The van der Waals surface area contributed by atoms with Crippen LogP contribution in [0.5, 0.6) is 5.75 Å². The molecule has 2 heteroatoms. The normalized spacial score (nSPS) is 11.4. The lowest BCUT2D eigenvalue weighted by Gasteiger charge is -2.20. The molecule has 3 aromatic rings. The Kier molecular flexibility index (Phi) is 5.63. The predicted molar refractivity (Wildman–Crippen MR) is 112 cm³/mol. The fourth-order valence-electron chi connectivity index (χ4n) is 3.86. The Morgan fingerprint density at radius 3 is 2.35 bits per heavy atom. The number of aryl methyl sites for hydroxylation is 2. The van der Waals surface area contributed by atoms with Gasteiger partial charge in [0.25, 0.3) is 0 Å². The quantitative estimate of drug-likeness (QED) is 0.564. The molecule has 3 rings (SSSR count). The first kappa shape index (κ1) is 18.5. The zero-order chi connectivity index (χ0) is 18.7. The molecule has 0 aliphatic rings. The number of phenolic OH excluding ortho intramolecular Hbond substituents is 1. The Labute approximate surface area is 156 Å². The Bertz CT molecular complexity index is 886. The first-order valence-corrected chi connectivity index (χ1v) is 9.59. The van der Waals surface area contributed by atoms with Crippen LogP contribution in [0.1, 0.15) is 43.4 Å². The van der Waals surface area contributed by atoms with Crippen molar-refractivity contribution in [3.05, 3.63) is 65.2 Å². The van der Waals surface area contributed by atoms with E-state index < -0.39 is 0 Å². The van der Waals surface area contributed by atoms with Crippen LogP contribution in [0.2, 0.25) is 0 Å². The molecule has 0 bridgehead atoms. The van der Waals surface area contributed by atoms with E-state index in [1.54, 1.807) is 0 Å². The minimum atomic E-state index is 0.364. The van der Waals surface area contributed by atoms with Gasteiger partial charge in [-0.15, -0.1) is 0 Å². The second-order valence-corrected chi connectivity index (χ2v) is 7.19. The maximum absolute atomic E-state index is 10.8. The highest BCUT2D eigenvalue weighted by Crippen LogP contribution is 2.40. The molecule has 2 nitrogen and oxygen atoms in total. The zero-order valence-electron chi connectivity index (χ0n) is 16.3. The Morgan fingerprint density at radius 2 is 1.65 bits per heavy atom. The number of rotatable bonds is 6. The molecule has 0 aliphatic carbocycles. The monoisotopic (exact) mass is 347 g/mol. The molecule has 2 N–H and O–H groups in total. The lowest BCUT2D eigenvalue weighted by molar-refractivity contribution is 0.475. The largest absolute Gasteiger partial charge is 0.507 e. The van der Waals surface area contributed by atoms with Crippen molar-refractivity contribution in [3.63, 3.8) is 0 Å². The zero-order valence-corrected chi connectivity index (χ0v) is 16.3. The predicted octanol–water partition coefficient (Wildman–Crippen LogP) is 6.11. The molecule has 0 spiro atoms. The van der Waals surface area contributed by atoms with Crippen LogP contribution in [-0.2, 0) is 6.54 Å². The lowest BCUT2D eigenvalue weighted by Crippen LogP contribution is -2.27. The van der Waals surface area contributed by atoms with Gasteiger partial charge in [0.15, 0.2) is 0 Å². The summed E-state index contributed by atoms with van der Waals surface area (Å²) in [5.41, 5.74) is 5.53. The van der Waals surface area contributed by atoms with E-state index in [0.717, 1.165) is 41.6 Å². The molecule has 0 amide bonds. The van der Waals surface area contributed by atoms with E-state index in [1.165, 1.54) is 16.3 Å². The molecule has 0 saturated carbocycles. The third-order valence-corrected chi connectivity index (χ3v) is 5.29. The van der Waals surface area contributed by atoms with Gasteiger partial charge in [0.2, 0.25) is 0 Å². The number of benzene rings is 3. The molecule has 0 saturated heterocycles. The summed E-state index contributed by atoms with van der Waals surface area (Å²) in [5.74, 6) is 0.364. The number of aromatic hydroxyl groups is 1. The van der Waals surface area contributed by atoms with Crippen LogP contribution < -0.4 is 5.32 Å². The summed E-state index contributed by atoms with van der Waals surface area (Å²) in [7, 11) is 0. The molecule has 0 aromatic heterocycles. The van der Waals surface area contributed by atoms with Crippen molar-refractivity contribution in [2.45, 2.75) is 53.1 Å². The van der Waals surface area contributed by atoms with Crippen molar-refractivity contribution in [2.24, 2.45) is 0 Å². The van der Waals surface area contributed by atoms with Gasteiger partial charge in [-0.1, -0.05) is 56.3 Å². The van der Waals surface area contributed by atoms with E-state index in [9.17, 15) is 5.11 Å². The maximum Gasteiger partial charge on any atom is 0.123 e. The van der Waals surface area contributed by atoms with Crippen LogP contribution in [0.15, 0.2) is 48.5 Å². The van der Waals surface area contributed by atoms with Crippen LogP contribution >= 0.6 is 0 Å². The van der Waals surface area contributed by atoms with Crippen LogP contribution in [0.4, 0.5) is 0 Å². The SMILES string of the molecule is CCC(CC)NCc1ccc2ccccc2c1-c1c(C)cc(C)cc1O. The van der Waals surface area contributed by atoms with Gasteiger partial charge >= 0.3 is 0 Å². The van der Waals surface area contributed by atoms with Gasteiger partial charge in [-0.05, 0) is 65.8 Å². The van der Waals surface area contributed by atoms with E-state index in [-0.39, 0.29) is 0 Å². The average molecular weight is 348 g/mol. The summed E-state index contributed by atoms with van der Waals surface area (Å²) in [6, 6.07) is 17.3. The molecular weight excluding hydrogens is 318 g/mol. The second kappa shape index (κ2) is 7.92. The van der Waals surface area contributed by atoms with Crippen LogP contribution in [0.25, 0.3) is 21.9 Å². The van der Waals surface area contributed by atoms with Crippen molar-refractivity contribution >= 4 is 10.8 Å². The first-order chi connectivity index (χ1) is 12.5. The van der Waals surface area contributed by atoms with Crippen LogP contribution in [0, 0.1) is 13.8 Å². The van der Waals surface area contributed by atoms with E-state index in [4.69, 9.17) is 0 Å². The van der Waals surface area contributed by atoms with Gasteiger partial charge in [-0.25, -0.2) is 0 Å². The summed E-state index contributed by atoms with van der Waals surface area (Å²) < 4.78 is 0. The van der Waals surface area contributed by atoms with Gasteiger partial charge in [-0.3, -0.25) is 0 Å². The molecule has 0 unspecified atom stereocenters. The third-order valence-electron chi connectivity index (χ3n) is 5.29. The molecule has 0 radical (unpaired) electrons. The van der Waals surface area contributed by atoms with E-state index in [2.05, 4.69) is 68.6 Å². The topological polar surface area (TPSA) is 32.3 Å². The summed E-state index contributed by atoms with van der Waals surface area (Å²) >= 11 is 0. The molecule has 0 atom stereocenters. The lowest BCUT2D eigenvalue weighted by atomic mass is 9.89. The van der Waals surface area contributed by atoms with E-state index in [0.29, 0.717) is 11.8 Å². The van der Waals surface area contributed by atoms with Gasteiger partial charge < -0.3 is 10.4 Å². The Balaban J connectivity index is 2.19. The minimum Gasteiger partial charge on any atom is -0.507 e. The van der Waals surface area contributed by atoms with Gasteiger partial charge in [0, 0.05) is 18.2 Å². The van der Waals surface area contributed by atoms with Gasteiger partial charge in [-0.2, -0.15) is 0 Å². The second-order valence-electron chi connectivity index (χ2n) is 7.19. The molecular formula is C24H29NO. The molecule has 0 aliphatic heterocycles. The molecule has 0 heterocycles. The summed E-state index contributed by atoms with van der Waals surface area (Å²) in [5, 5.41) is 16.8. The van der Waals surface area contributed by atoms with Crippen molar-refractivity contribution in [3.8, 4) is 16.9 Å². The summed E-state index contributed by atoms with van der Waals surface area (Å²) in [6.07, 6.45) is 2.24. The number of fused-ring (bicyclic) bond motifs is 1. The Hall–Kier alpha value is -2.32. The first-order valence-electron chi connectivity index (χ1n) is 9.59. The fourth-order valence-corrected chi connectivity index (χ4v) is 3.86. The van der Waals surface area contributed by atoms with Gasteiger partial charge in [0.1, 0.15) is 5.75 Å². The smallest absolute Gasteiger partial charge is 0.123 e. The van der Waals surface area contributed by atoms with Crippen LogP contribution in [-0.4, -0.2) is 11.1 Å². The molecule has 0 fully saturated rings. The fraction of sp³-hybridized carbons (Fsp3) is 0.333. The summed E-state index contributed by atoms with van der Waals surface area (Å²) in [6.45, 7) is 9.35. The van der Waals surface area contributed by atoms with Crippen molar-refractivity contribution in [2.75, 3.05) is 0 Å². The number of hydrogen-bond acceptors (Lipinski definition) is 2.